The molecule has 0 amide bonds. The average Bonchev–Trinajstić information content (AvgIpc) is 2.28. The second-order valence-electron chi connectivity index (χ2n) is 4.19. The Bertz CT molecular complexity index is 414. The minimum atomic E-state index is -0.763. The molecular formula is C12H13F2NO2. The van der Waals surface area contributed by atoms with Crippen molar-refractivity contribution in [2.24, 2.45) is 0 Å². The Morgan fingerprint density at radius 2 is 2.00 bits per heavy atom. The molecule has 1 unspecified atom stereocenters. The van der Waals surface area contributed by atoms with Crippen molar-refractivity contribution >= 4 is 12.0 Å². The van der Waals surface area contributed by atoms with Crippen LogP contribution in [0.5, 0.6) is 0 Å². The van der Waals surface area contributed by atoms with E-state index in [2.05, 4.69) is 0 Å². The third-order valence-corrected chi connectivity index (χ3v) is 2.89. The SMILES string of the molecule is O=Cc1cc(F)c(N2CCCC(O)C2)c(F)c1. The van der Waals surface area contributed by atoms with Crippen molar-refractivity contribution in [3.8, 4) is 0 Å². The van der Waals surface area contributed by atoms with E-state index in [1.807, 2.05) is 0 Å². The lowest BCUT2D eigenvalue weighted by atomic mass is 10.1. The molecule has 0 radical (unpaired) electrons. The van der Waals surface area contributed by atoms with E-state index in [0.29, 0.717) is 25.7 Å². The summed E-state index contributed by atoms with van der Waals surface area (Å²) in [6, 6.07) is 2.01. The third kappa shape index (κ3) is 2.44. The minimum Gasteiger partial charge on any atom is -0.391 e. The van der Waals surface area contributed by atoms with Crippen molar-refractivity contribution in [1.29, 1.82) is 0 Å². The summed E-state index contributed by atoms with van der Waals surface area (Å²) < 4.78 is 27.4. The van der Waals surface area contributed by atoms with E-state index < -0.39 is 17.7 Å². The number of piperidine rings is 1. The van der Waals surface area contributed by atoms with Gasteiger partial charge < -0.3 is 10.0 Å². The van der Waals surface area contributed by atoms with Gasteiger partial charge in [0, 0.05) is 18.7 Å². The highest BCUT2D eigenvalue weighted by Crippen LogP contribution is 2.27. The van der Waals surface area contributed by atoms with Gasteiger partial charge in [0.1, 0.15) is 23.6 Å². The van der Waals surface area contributed by atoms with E-state index >= 15 is 0 Å². The zero-order chi connectivity index (χ0) is 12.4. The van der Waals surface area contributed by atoms with Gasteiger partial charge in [-0.25, -0.2) is 8.78 Å². The number of β-amino-alcohol motifs (C(OH)–C–C–N with tert-alkyl or cyclic N) is 1. The Hall–Kier alpha value is -1.49. The first-order valence-corrected chi connectivity index (χ1v) is 5.49. The largest absolute Gasteiger partial charge is 0.391 e. The van der Waals surface area contributed by atoms with Crippen LogP contribution in [0.3, 0.4) is 0 Å². The number of aldehydes is 1. The maximum Gasteiger partial charge on any atom is 0.150 e. The van der Waals surface area contributed by atoms with Crippen LogP contribution in [0, 0.1) is 11.6 Å². The summed E-state index contributed by atoms with van der Waals surface area (Å²) in [5.74, 6) is -1.53. The number of aliphatic hydroxyl groups excluding tert-OH is 1. The van der Waals surface area contributed by atoms with Gasteiger partial charge in [-0.2, -0.15) is 0 Å². The van der Waals surface area contributed by atoms with Gasteiger partial charge in [0.15, 0.2) is 0 Å². The molecule has 5 heteroatoms. The van der Waals surface area contributed by atoms with Gasteiger partial charge in [-0.05, 0) is 25.0 Å². The molecule has 0 aromatic heterocycles. The lowest BCUT2D eigenvalue weighted by molar-refractivity contribution is 0.112. The van der Waals surface area contributed by atoms with Crippen LogP contribution in [0.4, 0.5) is 14.5 Å². The molecule has 1 N–H and O–H groups in total. The van der Waals surface area contributed by atoms with Crippen molar-refractivity contribution < 1.29 is 18.7 Å². The summed E-state index contributed by atoms with van der Waals surface area (Å²) in [7, 11) is 0. The molecule has 1 atom stereocenters. The molecule has 0 aliphatic carbocycles. The number of carbonyl (C=O) groups excluding carboxylic acids is 1. The van der Waals surface area contributed by atoms with Gasteiger partial charge in [-0.3, -0.25) is 4.79 Å². The molecule has 1 aliphatic rings. The molecule has 3 nitrogen and oxygen atoms in total. The second-order valence-corrected chi connectivity index (χ2v) is 4.19. The Balaban J connectivity index is 2.34. The van der Waals surface area contributed by atoms with E-state index in [4.69, 9.17) is 0 Å². The molecule has 17 heavy (non-hydrogen) atoms. The zero-order valence-electron chi connectivity index (χ0n) is 9.20. The normalized spacial score (nSPS) is 20.4. The molecule has 1 aromatic rings. The van der Waals surface area contributed by atoms with Gasteiger partial charge in [0.2, 0.25) is 0 Å². The fraction of sp³-hybridized carbons (Fsp3) is 0.417. The molecular weight excluding hydrogens is 228 g/mol. The van der Waals surface area contributed by atoms with Gasteiger partial charge in [0.05, 0.1) is 6.10 Å². The van der Waals surface area contributed by atoms with Crippen LogP contribution in [-0.4, -0.2) is 30.6 Å². The van der Waals surface area contributed by atoms with Gasteiger partial charge in [-0.1, -0.05) is 0 Å². The number of halogens is 2. The molecule has 1 heterocycles. The Labute approximate surface area is 97.7 Å². The molecule has 0 bridgehead atoms. The predicted molar refractivity (Wildman–Crippen MR) is 59.2 cm³/mol. The number of aliphatic hydroxyl groups is 1. The zero-order valence-corrected chi connectivity index (χ0v) is 9.20. The van der Waals surface area contributed by atoms with E-state index in [1.165, 1.54) is 4.90 Å². The third-order valence-electron chi connectivity index (χ3n) is 2.89. The number of anilines is 1. The molecule has 1 saturated heterocycles. The Kier molecular flexibility index (Phi) is 3.38. The van der Waals surface area contributed by atoms with Crippen LogP contribution in [-0.2, 0) is 0 Å². The highest BCUT2D eigenvalue weighted by molar-refractivity contribution is 5.76. The number of rotatable bonds is 2. The average molecular weight is 241 g/mol. The molecule has 1 aromatic carbocycles. The summed E-state index contributed by atoms with van der Waals surface area (Å²) in [6.45, 7) is 0.722. The van der Waals surface area contributed by atoms with E-state index in [9.17, 15) is 18.7 Å². The molecule has 0 spiro atoms. The summed E-state index contributed by atoms with van der Waals surface area (Å²) in [5.41, 5.74) is -0.185. The number of hydrogen-bond acceptors (Lipinski definition) is 3. The standard InChI is InChI=1S/C12H13F2NO2/c13-10-4-8(7-16)5-11(14)12(10)15-3-1-2-9(17)6-15/h4-5,7,9,17H,1-3,6H2. The molecule has 0 saturated carbocycles. The molecule has 1 aliphatic heterocycles. The topological polar surface area (TPSA) is 40.5 Å². The predicted octanol–water partition coefficient (Wildman–Crippen LogP) is 1.74. The smallest absolute Gasteiger partial charge is 0.150 e. The lowest BCUT2D eigenvalue weighted by Gasteiger charge is -2.32. The Morgan fingerprint density at radius 1 is 1.35 bits per heavy atom. The van der Waals surface area contributed by atoms with Gasteiger partial charge in [0.25, 0.3) is 0 Å². The van der Waals surface area contributed by atoms with Crippen molar-refractivity contribution in [3.63, 3.8) is 0 Å². The Morgan fingerprint density at radius 3 is 2.53 bits per heavy atom. The molecule has 92 valence electrons. The van der Waals surface area contributed by atoms with Gasteiger partial charge >= 0.3 is 0 Å². The number of nitrogens with zero attached hydrogens (tertiary/aromatic N) is 1. The first kappa shape index (κ1) is 12.0. The van der Waals surface area contributed by atoms with Crippen LogP contribution < -0.4 is 4.90 Å². The fourth-order valence-corrected chi connectivity index (χ4v) is 2.11. The van der Waals surface area contributed by atoms with Gasteiger partial charge in [-0.15, -0.1) is 0 Å². The van der Waals surface area contributed by atoms with Crippen LogP contribution in [0.15, 0.2) is 12.1 Å². The summed E-state index contributed by atoms with van der Waals surface area (Å²) in [5, 5.41) is 9.48. The minimum absolute atomic E-state index is 0.0266. The molecule has 1 fully saturated rings. The van der Waals surface area contributed by atoms with E-state index in [-0.39, 0.29) is 17.8 Å². The summed E-state index contributed by atoms with van der Waals surface area (Å²) in [6.07, 6.45) is 1.18. The first-order chi connectivity index (χ1) is 8.11. The van der Waals surface area contributed by atoms with Crippen molar-refractivity contribution in [3.05, 3.63) is 29.3 Å². The number of benzene rings is 1. The highest BCUT2D eigenvalue weighted by Gasteiger charge is 2.23. The number of carbonyl (C=O) groups is 1. The maximum absolute atomic E-state index is 13.7. The second kappa shape index (κ2) is 4.79. The van der Waals surface area contributed by atoms with E-state index in [1.54, 1.807) is 0 Å². The molecule has 2 rings (SSSR count). The van der Waals surface area contributed by atoms with Crippen LogP contribution in [0.2, 0.25) is 0 Å². The summed E-state index contributed by atoms with van der Waals surface area (Å²) >= 11 is 0. The first-order valence-electron chi connectivity index (χ1n) is 5.49. The van der Waals surface area contributed by atoms with Crippen molar-refractivity contribution in [2.45, 2.75) is 18.9 Å². The number of hydrogen-bond donors (Lipinski definition) is 1. The quantitative estimate of drug-likeness (QED) is 0.802. The van der Waals surface area contributed by atoms with E-state index in [0.717, 1.165) is 12.1 Å². The monoisotopic (exact) mass is 241 g/mol. The fourth-order valence-electron chi connectivity index (χ4n) is 2.11. The highest BCUT2D eigenvalue weighted by atomic mass is 19.1. The van der Waals surface area contributed by atoms with Crippen LogP contribution in [0.1, 0.15) is 23.2 Å². The van der Waals surface area contributed by atoms with Crippen LogP contribution in [0.25, 0.3) is 0 Å². The lowest BCUT2D eigenvalue weighted by Crippen LogP contribution is -2.39. The van der Waals surface area contributed by atoms with Crippen LogP contribution >= 0.6 is 0 Å². The van der Waals surface area contributed by atoms with Crippen molar-refractivity contribution in [2.75, 3.05) is 18.0 Å². The maximum atomic E-state index is 13.7. The summed E-state index contributed by atoms with van der Waals surface area (Å²) in [4.78, 5) is 11.9. The van der Waals surface area contributed by atoms with Crippen molar-refractivity contribution in [1.82, 2.24) is 0 Å².